The zero-order valence-corrected chi connectivity index (χ0v) is 21.3. The van der Waals surface area contributed by atoms with Crippen LogP contribution in [-0.2, 0) is 9.59 Å². The predicted octanol–water partition coefficient (Wildman–Crippen LogP) is 5.01. The Bertz CT molecular complexity index is 1250. The van der Waals surface area contributed by atoms with E-state index >= 15 is 0 Å². The summed E-state index contributed by atoms with van der Waals surface area (Å²) in [4.78, 5) is 40.8. The average molecular weight is 504 g/mol. The lowest BCUT2D eigenvalue weighted by Gasteiger charge is -2.29. The fourth-order valence-electron chi connectivity index (χ4n) is 3.94. The minimum absolute atomic E-state index is 0.0105. The molecule has 1 aliphatic rings. The molecule has 0 bridgehead atoms. The summed E-state index contributed by atoms with van der Waals surface area (Å²) in [5, 5.41) is 5.59. The van der Waals surface area contributed by atoms with Gasteiger partial charge in [-0.25, -0.2) is 0 Å². The molecule has 0 saturated carbocycles. The van der Waals surface area contributed by atoms with Gasteiger partial charge in [0.25, 0.3) is 5.91 Å². The van der Waals surface area contributed by atoms with E-state index in [1.165, 1.54) is 0 Å². The second-order valence-corrected chi connectivity index (χ2v) is 9.78. The van der Waals surface area contributed by atoms with Crippen molar-refractivity contribution >= 4 is 40.9 Å². The zero-order chi connectivity index (χ0) is 25.7. The van der Waals surface area contributed by atoms with Crippen LogP contribution >= 0.6 is 11.8 Å². The van der Waals surface area contributed by atoms with Crippen LogP contribution in [0.3, 0.4) is 0 Å². The van der Waals surface area contributed by atoms with Crippen molar-refractivity contribution in [3.8, 4) is 5.75 Å². The highest BCUT2D eigenvalue weighted by Gasteiger charge is 2.36. The van der Waals surface area contributed by atoms with E-state index in [9.17, 15) is 14.4 Å². The van der Waals surface area contributed by atoms with E-state index in [2.05, 4.69) is 10.6 Å². The number of rotatable bonds is 8. The van der Waals surface area contributed by atoms with E-state index in [1.54, 1.807) is 73.2 Å². The summed E-state index contributed by atoms with van der Waals surface area (Å²) < 4.78 is 5.15. The van der Waals surface area contributed by atoms with Crippen molar-refractivity contribution in [2.45, 2.75) is 31.2 Å². The molecule has 0 radical (unpaired) electrons. The molecule has 3 amide bonds. The molecule has 3 aromatic carbocycles. The first-order chi connectivity index (χ1) is 17.3. The fraction of sp³-hybridized carbons (Fsp3) is 0.250. The molecule has 0 unspecified atom stereocenters. The average Bonchev–Trinajstić information content (AvgIpc) is 3.30. The Morgan fingerprint density at radius 2 is 1.78 bits per heavy atom. The van der Waals surface area contributed by atoms with Gasteiger partial charge in [-0.15, -0.1) is 11.8 Å². The van der Waals surface area contributed by atoms with Crippen LogP contribution in [0.15, 0.2) is 78.9 Å². The van der Waals surface area contributed by atoms with Gasteiger partial charge < -0.3 is 15.4 Å². The topological polar surface area (TPSA) is 87.7 Å². The highest BCUT2D eigenvalue weighted by molar-refractivity contribution is 8.00. The lowest BCUT2D eigenvalue weighted by molar-refractivity contribution is -0.121. The summed E-state index contributed by atoms with van der Waals surface area (Å²) in [5.41, 5.74) is 1.51. The summed E-state index contributed by atoms with van der Waals surface area (Å²) in [6.45, 7) is 3.54. The van der Waals surface area contributed by atoms with Crippen LogP contribution in [0.4, 0.5) is 11.4 Å². The van der Waals surface area contributed by atoms with E-state index < -0.39 is 5.54 Å². The number of nitrogens with zero attached hydrogens (tertiary/aromatic N) is 1. The maximum absolute atomic E-state index is 13.2. The predicted molar refractivity (Wildman–Crippen MR) is 143 cm³/mol. The minimum Gasteiger partial charge on any atom is -0.497 e. The number of benzene rings is 3. The minimum atomic E-state index is -1.14. The number of thioether (sulfide) groups is 1. The molecule has 186 valence electrons. The molecular weight excluding hydrogens is 474 g/mol. The SMILES string of the molecule is CC[C@](C)(NC(=O)c1cccc(N2C(=O)CS[C@@H]2c2ccccc2)c1)C(=O)Nc1ccc(OC)cc1. The van der Waals surface area contributed by atoms with E-state index in [4.69, 9.17) is 4.74 Å². The number of hydrogen-bond donors (Lipinski definition) is 2. The van der Waals surface area contributed by atoms with Gasteiger partial charge in [-0.05, 0) is 61.4 Å². The van der Waals surface area contributed by atoms with E-state index in [0.717, 1.165) is 5.56 Å². The maximum atomic E-state index is 13.2. The van der Waals surface area contributed by atoms with Crippen LogP contribution in [-0.4, -0.2) is 36.1 Å². The highest BCUT2D eigenvalue weighted by atomic mass is 32.2. The molecular formula is C28H29N3O4S. The number of carbonyl (C=O) groups excluding carboxylic acids is 3. The van der Waals surface area contributed by atoms with Gasteiger partial charge in [-0.3, -0.25) is 19.3 Å². The van der Waals surface area contributed by atoms with Crippen molar-refractivity contribution in [3.05, 3.63) is 90.0 Å². The van der Waals surface area contributed by atoms with Gasteiger partial charge in [0.1, 0.15) is 16.7 Å². The van der Waals surface area contributed by atoms with Gasteiger partial charge in [-0.2, -0.15) is 0 Å². The lowest BCUT2D eigenvalue weighted by Crippen LogP contribution is -2.54. The Labute approximate surface area is 215 Å². The van der Waals surface area contributed by atoms with Crippen LogP contribution in [0, 0.1) is 0 Å². The highest BCUT2D eigenvalue weighted by Crippen LogP contribution is 2.41. The number of ether oxygens (including phenoxy) is 1. The quantitative estimate of drug-likeness (QED) is 0.451. The number of carbonyl (C=O) groups is 3. The zero-order valence-electron chi connectivity index (χ0n) is 20.5. The first kappa shape index (κ1) is 25.3. The van der Waals surface area contributed by atoms with Gasteiger partial charge in [0.15, 0.2) is 0 Å². The fourth-order valence-corrected chi connectivity index (χ4v) is 5.11. The summed E-state index contributed by atoms with van der Waals surface area (Å²) in [5.74, 6) is 0.333. The molecule has 0 spiro atoms. The Kier molecular flexibility index (Phi) is 7.64. The van der Waals surface area contributed by atoms with Crippen LogP contribution in [0.2, 0.25) is 0 Å². The lowest BCUT2D eigenvalue weighted by atomic mass is 9.96. The molecule has 3 aromatic rings. The van der Waals surface area contributed by atoms with Crippen molar-refractivity contribution < 1.29 is 19.1 Å². The van der Waals surface area contributed by atoms with Gasteiger partial charge in [0.05, 0.1) is 12.9 Å². The molecule has 1 heterocycles. The number of methoxy groups -OCH3 is 1. The van der Waals surface area contributed by atoms with Gasteiger partial charge >= 0.3 is 0 Å². The molecule has 4 rings (SSSR count). The summed E-state index contributed by atoms with van der Waals surface area (Å²) >= 11 is 1.56. The molecule has 2 N–H and O–H groups in total. The summed E-state index contributed by atoms with van der Waals surface area (Å²) in [7, 11) is 1.58. The molecule has 0 aliphatic carbocycles. The first-order valence-corrected chi connectivity index (χ1v) is 12.8. The molecule has 1 fully saturated rings. The molecule has 8 heteroatoms. The van der Waals surface area contributed by atoms with Crippen LogP contribution < -0.4 is 20.3 Å². The number of amides is 3. The van der Waals surface area contributed by atoms with Gasteiger partial charge in [-0.1, -0.05) is 43.3 Å². The van der Waals surface area contributed by atoms with Crippen LogP contribution in [0.25, 0.3) is 0 Å². The van der Waals surface area contributed by atoms with Crippen molar-refractivity contribution in [1.82, 2.24) is 5.32 Å². The molecule has 2 atom stereocenters. The van der Waals surface area contributed by atoms with E-state index in [1.807, 2.05) is 43.3 Å². The summed E-state index contributed by atoms with van der Waals surface area (Å²) in [6, 6.07) is 23.8. The monoisotopic (exact) mass is 503 g/mol. The van der Waals surface area contributed by atoms with Crippen molar-refractivity contribution in [2.24, 2.45) is 0 Å². The van der Waals surface area contributed by atoms with Crippen molar-refractivity contribution in [1.29, 1.82) is 0 Å². The normalized spacial score (nSPS) is 16.8. The number of hydrogen-bond acceptors (Lipinski definition) is 5. The molecule has 36 heavy (non-hydrogen) atoms. The van der Waals surface area contributed by atoms with Crippen LogP contribution in [0.1, 0.15) is 41.6 Å². The van der Waals surface area contributed by atoms with E-state index in [-0.39, 0.29) is 23.1 Å². The maximum Gasteiger partial charge on any atom is 0.252 e. The largest absolute Gasteiger partial charge is 0.497 e. The van der Waals surface area contributed by atoms with Gasteiger partial charge in [0, 0.05) is 16.9 Å². The van der Waals surface area contributed by atoms with Crippen molar-refractivity contribution in [3.63, 3.8) is 0 Å². The standard InChI is InChI=1S/C28H29N3O4S/c1-4-28(2,27(34)29-21-13-15-23(35-3)16-14-21)30-25(33)20-11-8-12-22(17-20)31-24(32)18-36-26(31)19-9-6-5-7-10-19/h5-17,26H,4,18H2,1-3H3,(H,29,34)(H,30,33)/t26-,28+/m1/s1. The third-order valence-corrected chi connectivity index (χ3v) is 7.50. The second kappa shape index (κ2) is 10.9. The second-order valence-electron chi connectivity index (χ2n) is 8.71. The van der Waals surface area contributed by atoms with E-state index in [0.29, 0.717) is 34.9 Å². The summed E-state index contributed by atoms with van der Waals surface area (Å²) in [6.07, 6.45) is 0.387. The Morgan fingerprint density at radius 3 is 2.44 bits per heavy atom. The molecule has 1 saturated heterocycles. The first-order valence-electron chi connectivity index (χ1n) is 11.7. The van der Waals surface area contributed by atoms with Gasteiger partial charge in [0.2, 0.25) is 11.8 Å². The molecule has 1 aliphatic heterocycles. The molecule has 7 nitrogen and oxygen atoms in total. The number of anilines is 2. The third kappa shape index (κ3) is 5.39. The number of nitrogens with one attached hydrogen (secondary N) is 2. The molecule has 0 aromatic heterocycles. The van der Waals surface area contributed by atoms with Crippen molar-refractivity contribution in [2.75, 3.05) is 23.1 Å². The third-order valence-electron chi connectivity index (χ3n) is 6.28. The Balaban J connectivity index is 1.51. The Hall–Kier alpha value is -3.78. The smallest absolute Gasteiger partial charge is 0.252 e. The Morgan fingerprint density at radius 1 is 1.06 bits per heavy atom. The van der Waals surface area contributed by atoms with Crippen LogP contribution in [0.5, 0.6) is 5.75 Å².